The number of nitrogens with one attached hydrogen (secondary N) is 2. The number of sulfone groups is 1. The Labute approximate surface area is 310 Å². The number of carboxylic acid groups (broad SMARTS) is 1. The molecule has 1 aliphatic heterocycles. The molecule has 0 saturated carbocycles. The smallest absolute Gasteiger partial charge is 0.327 e. The predicted molar refractivity (Wildman–Crippen MR) is 207 cm³/mol. The molecule has 1 aliphatic rings. The Bertz CT molecular complexity index is 1730. The molecule has 0 spiro atoms. The molecule has 276 valence electrons. The van der Waals surface area contributed by atoms with E-state index < -0.39 is 51.7 Å². The van der Waals surface area contributed by atoms with E-state index >= 15 is 0 Å². The molecule has 3 aromatic rings. The van der Waals surface area contributed by atoms with Gasteiger partial charge < -0.3 is 20.5 Å². The molecule has 51 heavy (non-hydrogen) atoms. The Morgan fingerprint density at radius 1 is 0.922 bits per heavy atom. The third kappa shape index (κ3) is 9.88. The van der Waals surface area contributed by atoms with Gasteiger partial charge in [-0.25, -0.2) is 13.2 Å². The van der Waals surface area contributed by atoms with Gasteiger partial charge in [0.05, 0.1) is 17.7 Å². The van der Waals surface area contributed by atoms with Crippen molar-refractivity contribution in [1.29, 1.82) is 0 Å². The summed E-state index contributed by atoms with van der Waals surface area (Å²) in [5, 5.41) is 14.8. The number of quaternary nitrogens is 1. The summed E-state index contributed by atoms with van der Waals surface area (Å²) in [6.45, 7) is 4.39. The molecule has 3 aromatic carbocycles. The van der Waals surface area contributed by atoms with Gasteiger partial charge in [-0.1, -0.05) is 88.1 Å². The van der Waals surface area contributed by atoms with Crippen LogP contribution in [0.1, 0.15) is 64.0 Å². The van der Waals surface area contributed by atoms with E-state index in [9.17, 15) is 27.9 Å². The largest absolute Gasteiger partial charge is 0.484 e. The third-order valence-electron chi connectivity index (χ3n) is 9.33. The first-order valence-electron chi connectivity index (χ1n) is 17.3. The van der Waals surface area contributed by atoms with E-state index in [4.69, 9.17) is 4.74 Å². The third-order valence-corrected chi connectivity index (χ3v) is 13.2. The lowest BCUT2D eigenvalue weighted by Crippen LogP contribution is -2.49. The Kier molecular flexibility index (Phi) is 14.4. The quantitative estimate of drug-likeness (QED) is 0.0932. The van der Waals surface area contributed by atoms with Gasteiger partial charge in [0, 0.05) is 41.7 Å². The number of unbranched alkanes of at least 4 members (excludes halogenated alkanes) is 2. The van der Waals surface area contributed by atoms with Crippen LogP contribution in [0.5, 0.6) is 5.75 Å². The molecule has 0 saturated heterocycles. The number of hydrogen-bond donors (Lipinski definition) is 3. The second-order valence-electron chi connectivity index (χ2n) is 13.1. The molecule has 0 fully saturated rings. The van der Waals surface area contributed by atoms with E-state index in [1.165, 1.54) is 17.8 Å². The second kappa shape index (κ2) is 18.3. The van der Waals surface area contributed by atoms with Crippen molar-refractivity contribution >= 4 is 62.7 Å². The number of ether oxygens (including phenoxy) is 1. The van der Waals surface area contributed by atoms with Gasteiger partial charge in [-0.2, -0.15) is 15.7 Å². The normalized spacial score (nSPS) is 18.7. The van der Waals surface area contributed by atoms with Gasteiger partial charge in [-0.05, 0) is 30.7 Å². The summed E-state index contributed by atoms with van der Waals surface area (Å²) in [6.07, 6.45) is 9.15. The molecule has 2 unspecified atom stereocenters. The lowest BCUT2D eigenvalue weighted by Gasteiger charge is -2.41. The van der Waals surface area contributed by atoms with Gasteiger partial charge in [0.15, 0.2) is 22.1 Å². The molecule has 10 nitrogen and oxygen atoms in total. The van der Waals surface area contributed by atoms with Crippen molar-refractivity contribution in [2.24, 2.45) is 5.41 Å². The Hall–Kier alpha value is -3.52. The summed E-state index contributed by atoms with van der Waals surface area (Å²) in [7, 11) is -3.80. The molecule has 1 heterocycles. The van der Waals surface area contributed by atoms with Crippen molar-refractivity contribution in [3.63, 3.8) is 0 Å². The van der Waals surface area contributed by atoms with Gasteiger partial charge in [0.2, 0.25) is 5.91 Å². The van der Waals surface area contributed by atoms with Gasteiger partial charge in [0.25, 0.3) is 5.91 Å². The summed E-state index contributed by atoms with van der Waals surface area (Å²) in [5.41, 5.74) is 1.65. The molecule has 0 radical (unpaired) electrons. The number of nitrogens with zero attached hydrogens (tertiary/aromatic N) is 1. The second-order valence-corrected chi connectivity index (χ2v) is 16.9. The first kappa shape index (κ1) is 40.3. The van der Waals surface area contributed by atoms with Crippen LogP contribution in [0.4, 0.5) is 11.4 Å². The van der Waals surface area contributed by atoms with E-state index in [1.54, 1.807) is 60.7 Å². The van der Waals surface area contributed by atoms with Gasteiger partial charge >= 0.3 is 5.97 Å². The molecule has 0 bridgehead atoms. The maximum Gasteiger partial charge on any atom is 0.327 e. The van der Waals surface area contributed by atoms with Crippen LogP contribution in [0.3, 0.4) is 0 Å². The van der Waals surface area contributed by atoms with E-state index in [0.29, 0.717) is 21.7 Å². The van der Waals surface area contributed by atoms with Crippen LogP contribution in [-0.2, 0) is 24.2 Å². The number of rotatable bonds is 18. The SMILES string of the molecule is CCCCC1(CCCC)C[N+](SC)(c2ccccc2)c2ccc(OCC(=O)NC(C(=O)N[C@@H](CSC)C(=O)O)c3ccccc3)cc2S(=O)(=O)C1. The number of aliphatic carboxylic acids is 1. The molecule has 4 rings (SSSR count). The van der Waals surface area contributed by atoms with E-state index in [0.717, 1.165) is 44.2 Å². The first-order valence-corrected chi connectivity index (χ1v) is 21.5. The van der Waals surface area contributed by atoms with Crippen LogP contribution >= 0.6 is 23.7 Å². The number of fused-ring (bicyclic) bond motifs is 1. The van der Waals surface area contributed by atoms with Crippen molar-refractivity contribution in [3.8, 4) is 5.75 Å². The number of benzene rings is 3. The highest BCUT2D eigenvalue weighted by atomic mass is 32.2. The molecule has 0 aliphatic carbocycles. The lowest BCUT2D eigenvalue weighted by atomic mass is 9.79. The fourth-order valence-electron chi connectivity index (χ4n) is 6.81. The summed E-state index contributed by atoms with van der Waals surface area (Å²) >= 11 is 2.88. The molecule has 3 N–H and O–H groups in total. The topological polar surface area (TPSA) is 139 Å². The molecular formula is C38H50N3O7S3+. The molecule has 3 atom stereocenters. The zero-order valence-corrected chi connectivity index (χ0v) is 32.2. The summed E-state index contributed by atoms with van der Waals surface area (Å²) in [4.78, 5) is 38.5. The number of hydrogen-bond acceptors (Lipinski definition) is 8. The number of para-hydroxylation sites is 1. The van der Waals surface area contributed by atoms with Gasteiger partial charge in [-0.3, -0.25) is 9.59 Å². The molecule has 13 heteroatoms. The number of thioether (sulfide) groups is 1. The zero-order valence-electron chi connectivity index (χ0n) is 29.8. The first-order chi connectivity index (χ1) is 24.4. The molecule has 0 aromatic heterocycles. The maximum absolute atomic E-state index is 14.5. The fraction of sp³-hybridized carbons (Fsp3) is 0.447. The van der Waals surface area contributed by atoms with Crippen LogP contribution in [0.2, 0.25) is 0 Å². The number of carbonyl (C=O) groups is 3. The predicted octanol–water partition coefficient (Wildman–Crippen LogP) is 6.93. The minimum Gasteiger partial charge on any atom is -0.484 e. The molecular weight excluding hydrogens is 707 g/mol. The fourth-order valence-corrected chi connectivity index (χ4v) is 10.7. The number of carboxylic acids is 1. The van der Waals surface area contributed by atoms with Crippen molar-refractivity contribution in [2.45, 2.75) is 69.4 Å². The van der Waals surface area contributed by atoms with E-state index in [2.05, 4.69) is 36.6 Å². The summed E-state index contributed by atoms with van der Waals surface area (Å²) in [6, 6.07) is 21.3. The monoisotopic (exact) mass is 756 g/mol. The lowest BCUT2D eigenvalue weighted by molar-refractivity contribution is -0.141. The van der Waals surface area contributed by atoms with Crippen LogP contribution in [0.25, 0.3) is 0 Å². The Balaban J connectivity index is 1.67. The number of amides is 2. The highest BCUT2D eigenvalue weighted by Crippen LogP contribution is 2.53. The highest BCUT2D eigenvalue weighted by molar-refractivity contribution is 7.98. The average Bonchev–Trinajstić information content (AvgIpc) is 3.22. The van der Waals surface area contributed by atoms with Crippen LogP contribution in [-0.4, -0.2) is 74.5 Å². The van der Waals surface area contributed by atoms with Gasteiger partial charge in [-0.15, -0.1) is 0 Å². The van der Waals surface area contributed by atoms with Gasteiger partial charge in [0.1, 0.15) is 35.0 Å². The average molecular weight is 757 g/mol. The van der Waals surface area contributed by atoms with Crippen molar-refractivity contribution in [2.75, 3.05) is 37.2 Å². The Morgan fingerprint density at radius 2 is 1.55 bits per heavy atom. The summed E-state index contributed by atoms with van der Waals surface area (Å²) in [5.74, 6) is -2.10. The van der Waals surface area contributed by atoms with Crippen molar-refractivity contribution in [3.05, 3.63) is 84.4 Å². The minimum absolute atomic E-state index is 0.0199. The van der Waals surface area contributed by atoms with Crippen LogP contribution in [0, 0.1) is 5.41 Å². The van der Waals surface area contributed by atoms with E-state index in [1.807, 2.05) is 24.5 Å². The number of carbonyl (C=O) groups excluding carboxylic acids is 2. The highest BCUT2D eigenvalue weighted by Gasteiger charge is 2.52. The standard InChI is InChI=1S/C38H49N3O7S3/c1-5-7-21-38(22-8-6-2)26-41(50-4,29-17-13-10-14-18-29)32-20-19-30(23-33(32)51(46,47)27-38)48-24-34(42)40-35(28-15-11-9-12-16-28)36(43)39-31(25-49-3)37(44)45/h9-20,23,31,35H,5-8,21-22,24-27H2,1-4H3,(H2-,39,40,42,43,44,45)/p+1/t31-,35?,41?/m0/s1. The maximum atomic E-state index is 14.5. The minimum atomic E-state index is -3.80. The summed E-state index contributed by atoms with van der Waals surface area (Å²) < 4.78 is 35.2. The Morgan fingerprint density at radius 3 is 2.12 bits per heavy atom. The van der Waals surface area contributed by atoms with Crippen LogP contribution in [0.15, 0.2) is 83.8 Å². The molecule has 2 amide bonds. The van der Waals surface area contributed by atoms with Crippen LogP contribution < -0.4 is 19.3 Å². The van der Waals surface area contributed by atoms with Crippen molar-refractivity contribution in [1.82, 2.24) is 14.5 Å². The zero-order chi connectivity index (χ0) is 37.1. The van der Waals surface area contributed by atoms with Crippen molar-refractivity contribution < 1.29 is 32.6 Å². The van der Waals surface area contributed by atoms with E-state index in [-0.39, 0.29) is 22.2 Å².